The summed E-state index contributed by atoms with van der Waals surface area (Å²) in [5, 5.41) is 0. The van der Waals surface area contributed by atoms with Gasteiger partial charge in [0.1, 0.15) is 0 Å². The van der Waals surface area contributed by atoms with Crippen molar-refractivity contribution >= 4 is 10.1 Å². The van der Waals surface area contributed by atoms with E-state index in [4.69, 9.17) is 0 Å². The zero-order valence-electron chi connectivity index (χ0n) is 8.23. The number of alkyl halides is 6. The molecule has 0 saturated heterocycles. The van der Waals surface area contributed by atoms with Gasteiger partial charge in [-0.1, -0.05) is 6.42 Å². The summed E-state index contributed by atoms with van der Waals surface area (Å²) in [5.74, 6) is 0. The Kier molecular flexibility index (Phi) is 3.43. The van der Waals surface area contributed by atoms with Crippen LogP contribution in [0.4, 0.5) is 26.3 Å². The fourth-order valence-corrected chi connectivity index (χ4v) is 1.88. The van der Waals surface area contributed by atoms with Gasteiger partial charge in [0.05, 0.1) is 12.0 Å². The third kappa shape index (κ3) is 2.67. The van der Waals surface area contributed by atoms with Gasteiger partial charge in [-0.25, -0.2) is 0 Å². The zero-order valence-corrected chi connectivity index (χ0v) is 9.05. The molecule has 0 bridgehead atoms. The van der Waals surface area contributed by atoms with Gasteiger partial charge in [0, 0.05) is 0 Å². The Morgan fingerprint density at radius 3 is 1.76 bits per heavy atom. The smallest absolute Gasteiger partial charge is 0.262 e. The van der Waals surface area contributed by atoms with E-state index in [1.807, 2.05) is 0 Å². The van der Waals surface area contributed by atoms with Crippen molar-refractivity contribution in [2.75, 3.05) is 6.61 Å². The van der Waals surface area contributed by atoms with Crippen molar-refractivity contribution in [2.45, 2.75) is 30.9 Å². The van der Waals surface area contributed by atoms with Crippen molar-refractivity contribution in [2.24, 2.45) is 5.41 Å². The normalized spacial score (nSPS) is 21.1. The van der Waals surface area contributed by atoms with E-state index in [1.54, 1.807) is 0 Å². The van der Waals surface area contributed by atoms with Gasteiger partial charge in [0.15, 0.2) is 0 Å². The van der Waals surface area contributed by atoms with Gasteiger partial charge >= 0.3 is 21.8 Å². The van der Waals surface area contributed by atoms with Crippen LogP contribution >= 0.6 is 0 Å². The summed E-state index contributed by atoms with van der Waals surface area (Å²) in [7, 11) is -5.97. The summed E-state index contributed by atoms with van der Waals surface area (Å²) in [6.45, 7) is -1.52. The van der Waals surface area contributed by atoms with Crippen LogP contribution < -0.4 is 0 Å². The fourth-order valence-electron chi connectivity index (χ4n) is 1.37. The molecule has 0 spiro atoms. The van der Waals surface area contributed by atoms with Crippen LogP contribution in [0.3, 0.4) is 0 Å². The summed E-state index contributed by atoms with van der Waals surface area (Å²) < 4.78 is 97.3. The molecule has 0 amide bonds. The maximum atomic E-state index is 12.5. The van der Waals surface area contributed by atoms with Crippen LogP contribution in [0.1, 0.15) is 19.3 Å². The van der Waals surface area contributed by atoms with Crippen LogP contribution in [0.5, 0.6) is 0 Å². The van der Waals surface area contributed by atoms with Gasteiger partial charge < -0.3 is 0 Å². The van der Waals surface area contributed by atoms with Crippen molar-refractivity contribution in [3.05, 3.63) is 0 Å². The van der Waals surface area contributed by atoms with Crippen LogP contribution in [0.15, 0.2) is 0 Å². The highest BCUT2D eigenvalue weighted by molar-refractivity contribution is 7.87. The highest BCUT2D eigenvalue weighted by Crippen LogP contribution is 2.53. The summed E-state index contributed by atoms with van der Waals surface area (Å²) in [6.07, 6.45) is -5.45. The predicted octanol–water partition coefficient (Wildman–Crippen LogP) is 2.59. The molecule has 102 valence electrons. The van der Waals surface area contributed by atoms with E-state index < -0.39 is 46.7 Å². The van der Waals surface area contributed by atoms with Crippen molar-refractivity contribution in [1.82, 2.24) is 0 Å². The Bertz CT molecular complexity index is 377. The molecule has 3 nitrogen and oxygen atoms in total. The second kappa shape index (κ2) is 4.01. The van der Waals surface area contributed by atoms with Gasteiger partial charge in [-0.15, -0.1) is 0 Å². The molecule has 17 heavy (non-hydrogen) atoms. The molecule has 1 rings (SSSR count). The van der Waals surface area contributed by atoms with E-state index in [9.17, 15) is 34.8 Å². The molecule has 0 aromatic rings. The standard InChI is InChI=1S/C7H8F6O3S/c8-6(9,10)5(2-1-3-5)4-16-17(14,15)7(11,12)13/h1-4H2. The Labute approximate surface area is 92.9 Å². The first-order chi connectivity index (χ1) is 7.41. The number of halogens is 6. The van der Waals surface area contributed by atoms with Crippen LogP contribution in [-0.4, -0.2) is 26.7 Å². The zero-order chi connectivity index (χ0) is 13.5. The molecule has 1 saturated carbocycles. The third-order valence-electron chi connectivity index (χ3n) is 2.69. The topological polar surface area (TPSA) is 43.4 Å². The van der Waals surface area contributed by atoms with Gasteiger partial charge in [0.2, 0.25) is 0 Å². The molecule has 0 N–H and O–H groups in total. The highest BCUT2D eigenvalue weighted by atomic mass is 32.2. The Morgan fingerprint density at radius 1 is 1.06 bits per heavy atom. The van der Waals surface area contributed by atoms with Gasteiger partial charge in [-0.2, -0.15) is 34.8 Å². The molecule has 0 aromatic carbocycles. The lowest BCUT2D eigenvalue weighted by molar-refractivity contribution is -0.259. The largest absolute Gasteiger partial charge is 0.523 e. The van der Waals surface area contributed by atoms with Crippen molar-refractivity contribution in [3.8, 4) is 0 Å². The van der Waals surface area contributed by atoms with Crippen molar-refractivity contribution < 1.29 is 38.9 Å². The molecule has 0 unspecified atom stereocenters. The lowest BCUT2D eigenvalue weighted by Crippen LogP contribution is -2.48. The lowest BCUT2D eigenvalue weighted by Gasteiger charge is -2.42. The Morgan fingerprint density at radius 2 is 1.53 bits per heavy atom. The lowest BCUT2D eigenvalue weighted by atomic mass is 9.69. The van der Waals surface area contributed by atoms with Crippen LogP contribution in [0.2, 0.25) is 0 Å². The number of rotatable bonds is 3. The first-order valence-electron chi connectivity index (χ1n) is 4.44. The van der Waals surface area contributed by atoms with Crippen molar-refractivity contribution in [3.63, 3.8) is 0 Å². The second-order valence-corrected chi connectivity index (χ2v) is 5.40. The monoisotopic (exact) mass is 286 g/mol. The first-order valence-corrected chi connectivity index (χ1v) is 5.85. The average Bonchev–Trinajstić information content (AvgIpc) is 1.96. The fraction of sp³-hybridized carbons (Fsp3) is 1.00. The minimum atomic E-state index is -5.97. The van der Waals surface area contributed by atoms with E-state index >= 15 is 0 Å². The van der Waals surface area contributed by atoms with Gasteiger partial charge in [0.25, 0.3) is 0 Å². The molecular formula is C7H8F6O3S. The Balaban J connectivity index is 2.75. The summed E-state index contributed by atoms with van der Waals surface area (Å²) in [5.41, 5.74) is -8.17. The van der Waals surface area contributed by atoms with Gasteiger partial charge in [-0.3, -0.25) is 4.18 Å². The summed E-state index contributed by atoms with van der Waals surface area (Å²) >= 11 is 0. The van der Waals surface area contributed by atoms with E-state index in [1.165, 1.54) is 0 Å². The molecule has 1 fully saturated rings. The SMILES string of the molecule is O=S(=O)(OCC1(C(F)(F)F)CCC1)C(F)(F)F. The summed E-state index contributed by atoms with van der Waals surface area (Å²) in [6, 6.07) is 0. The van der Waals surface area contributed by atoms with Crippen LogP contribution in [0, 0.1) is 5.41 Å². The molecule has 1 aliphatic carbocycles. The quantitative estimate of drug-likeness (QED) is 0.455. The third-order valence-corrected chi connectivity index (χ3v) is 3.68. The minimum absolute atomic E-state index is 0.176. The maximum Gasteiger partial charge on any atom is 0.523 e. The Hall–Kier alpha value is -0.510. The van der Waals surface area contributed by atoms with E-state index in [0.717, 1.165) is 0 Å². The molecule has 10 heteroatoms. The molecule has 0 aliphatic heterocycles. The van der Waals surface area contributed by atoms with Crippen LogP contribution in [-0.2, 0) is 14.3 Å². The van der Waals surface area contributed by atoms with Crippen LogP contribution in [0.25, 0.3) is 0 Å². The summed E-state index contributed by atoms with van der Waals surface area (Å²) in [4.78, 5) is 0. The van der Waals surface area contributed by atoms with Crippen molar-refractivity contribution in [1.29, 1.82) is 0 Å². The molecule has 0 atom stereocenters. The number of hydrogen-bond donors (Lipinski definition) is 0. The molecule has 0 radical (unpaired) electrons. The van der Waals surface area contributed by atoms with E-state index in [0.29, 0.717) is 0 Å². The maximum absolute atomic E-state index is 12.5. The van der Waals surface area contributed by atoms with E-state index in [2.05, 4.69) is 4.18 Å². The van der Waals surface area contributed by atoms with Gasteiger partial charge in [-0.05, 0) is 12.8 Å². The second-order valence-electron chi connectivity index (χ2n) is 3.79. The van der Waals surface area contributed by atoms with E-state index in [-0.39, 0.29) is 6.42 Å². The number of hydrogen-bond acceptors (Lipinski definition) is 3. The average molecular weight is 286 g/mol. The predicted molar refractivity (Wildman–Crippen MR) is 43.3 cm³/mol. The molecule has 1 aliphatic rings. The minimum Gasteiger partial charge on any atom is -0.262 e. The highest BCUT2D eigenvalue weighted by Gasteiger charge is 2.60. The molecule has 0 heterocycles. The molecular weight excluding hydrogens is 278 g/mol. The first kappa shape index (κ1) is 14.6. The molecule has 0 aromatic heterocycles.